The Bertz CT molecular complexity index is 681. The van der Waals surface area contributed by atoms with Gasteiger partial charge in [-0.15, -0.1) is 0 Å². The smallest absolute Gasteiger partial charge is 0.326 e. The molecule has 6 heteroatoms. The van der Waals surface area contributed by atoms with Gasteiger partial charge >= 0.3 is 5.97 Å². The first-order valence-corrected chi connectivity index (χ1v) is 7.25. The molecule has 0 radical (unpaired) electrons. The summed E-state index contributed by atoms with van der Waals surface area (Å²) < 4.78 is 1.69. The van der Waals surface area contributed by atoms with Crippen molar-refractivity contribution >= 4 is 11.9 Å². The molecule has 1 amide bonds. The molecule has 2 aromatic rings. The summed E-state index contributed by atoms with van der Waals surface area (Å²) in [5.74, 6) is -1.20. The van der Waals surface area contributed by atoms with Crippen LogP contribution >= 0.6 is 0 Å². The third kappa shape index (κ3) is 2.86. The van der Waals surface area contributed by atoms with Gasteiger partial charge in [0.05, 0.1) is 18.3 Å². The maximum Gasteiger partial charge on any atom is 0.326 e. The average molecular weight is 299 g/mol. The molecule has 1 N–H and O–H groups in total. The number of carboxylic acids is 1. The Morgan fingerprint density at radius 2 is 2.05 bits per heavy atom. The Labute approximate surface area is 128 Å². The van der Waals surface area contributed by atoms with E-state index in [1.807, 2.05) is 30.3 Å². The molecule has 0 aliphatic carbocycles. The molecule has 1 saturated heterocycles. The summed E-state index contributed by atoms with van der Waals surface area (Å²) in [6.45, 7) is 1.07. The highest BCUT2D eigenvalue weighted by molar-refractivity contribution is 5.96. The van der Waals surface area contributed by atoms with E-state index >= 15 is 0 Å². The van der Waals surface area contributed by atoms with Crippen LogP contribution < -0.4 is 0 Å². The maximum absolute atomic E-state index is 12.4. The fourth-order valence-electron chi connectivity index (χ4n) is 2.76. The number of aliphatic carboxylic acids is 1. The molecule has 1 aromatic heterocycles. The topological polar surface area (TPSA) is 75.4 Å². The van der Waals surface area contributed by atoms with E-state index in [0.717, 1.165) is 12.0 Å². The summed E-state index contributed by atoms with van der Waals surface area (Å²) in [5.41, 5.74) is 1.53. The van der Waals surface area contributed by atoms with Crippen LogP contribution in [-0.4, -0.2) is 44.3 Å². The van der Waals surface area contributed by atoms with Crippen LogP contribution in [0.5, 0.6) is 0 Å². The second-order valence-corrected chi connectivity index (χ2v) is 5.41. The summed E-state index contributed by atoms with van der Waals surface area (Å²) >= 11 is 0. The predicted octanol–water partition coefficient (Wildman–Crippen LogP) is 1.62. The first kappa shape index (κ1) is 14.3. The molecule has 1 aliphatic heterocycles. The van der Waals surface area contributed by atoms with Crippen LogP contribution in [0.2, 0.25) is 0 Å². The lowest BCUT2D eigenvalue weighted by atomic mass is 10.2. The summed E-state index contributed by atoms with van der Waals surface area (Å²) in [6, 6.07) is 9.11. The molecule has 1 aliphatic rings. The van der Waals surface area contributed by atoms with E-state index in [0.29, 0.717) is 25.1 Å². The lowest BCUT2D eigenvalue weighted by Crippen LogP contribution is -2.40. The number of benzene rings is 1. The number of likely N-dealkylation sites (tertiary alicyclic amines) is 1. The Morgan fingerprint density at radius 3 is 2.77 bits per heavy atom. The molecule has 0 unspecified atom stereocenters. The molecule has 2 heterocycles. The zero-order chi connectivity index (χ0) is 15.5. The molecule has 1 fully saturated rings. The van der Waals surface area contributed by atoms with Gasteiger partial charge < -0.3 is 10.0 Å². The predicted molar refractivity (Wildman–Crippen MR) is 79.5 cm³/mol. The number of hydrogen-bond donors (Lipinski definition) is 1. The van der Waals surface area contributed by atoms with E-state index in [9.17, 15) is 9.59 Å². The van der Waals surface area contributed by atoms with Crippen LogP contribution in [0.1, 0.15) is 28.8 Å². The monoisotopic (exact) mass is 299 g/mol. The SMILES string of the molecule is O=C(O)[C@@H]1CCCN1C(=O)c1cnn(Cc2ccccc2)c1. The molecule has 0 spiro atoms. The van der Waals surface area contributed by atoms with Gasteiger partial charge in [-0.2, -0.15) is 5.10 Å². The zero-order valence-corrected chi connectivity index (χ0v) is 12.1. The molecular weight excluding hydrogens is 282 g/mol. The highest BCUT2D eigenvalue weighted by Crippen LogP contribution is 2.20. The van der Waals surface area contributed by atoms with Crippen molar-refractivity contribution in [3.05, 3.63) is 53.9 Å². The number of hydrogen-bond acceptors (Lipinski definition) is 3. The van der Waals surface area contributed by atoms with E-state index in [4.69, 9.17) is 5.11 Å². The van der Waals surface area contributed by atoms with Crippen molar-refractivity contribution in [2.24, 2.45) is 0 Å². The van der Waals surface area contributed by atoms with E-state index in [2.05, 4.69) is 5.10 Å². The van der Waals surface area contributed by atoms with Crippen LogP contribution in [0, 0.1) is 0 Å². The Morgan fingerprint density at radius 1 is 1.27 bits per heavy atom. The van der Waals surface area contributed by atoms with E-state index in [1.165, 1.54) is 11.1 Å². The van der Waals surface area contributed by atoms with Crippen LogP contribution in [-0.2, 0) is 11.3 Å². The van der Waals surface area contributed by atoms with Gasteiger partial charge in [0.25, 0.3) is 5.91 Å². The van der Waals surface area contributed by atoms with Crippen molar-refractivity contribution in [2.45, 2.75) is 25.4 Å². The number of rotatable bonds is 4. The molecule has 6 nitrogen and oxygen atoms in total. The van der Waals surface area contributed by atoms with Gasteiger partial charge in [-0.25, -0.2) is 4.79 Å². The van der Waals surface area contributed by atoms with E-state index < -0.39 is 12.0 Å². The lowest BCUT2D eigenvalue weighted by Gasteiger charge is -2.20. The minimum absolute atomic E-state index is 0.260. The molecule has 0 bridgehead atoms. The average Bonchev–Trinajstić information content (AvgIpc) is 3.16. The first-order chi connectivity index (χ1) is 10.6. The number of carbonyl (C=O) groups excluding carboxylic acids is 1. The zero-order valence-electron chi connectivity index (χ0n) is 12.1. The lowest BCUT2D eigenvalue weighted by molar-refractivity contribution is -0.141. The van der Waals surface area contributed by atoms with Crippen molar-refractivity contribution < 1.29 is 14.7 Å². The van der Waals surface area contributed by atoms with Crippen molar-refractivity contribution in [3.8, 4) is 0 Å². The van der Waals surface area contributed by atoms with Crippen molar-refractivity contribution in [2.75, 3.05) is 6.54 Å². The van der Waals surface area contributed by atoms with Crippen molar-refractivity contribution in [1.29, 1.82) is 0 Å². The maximum atomic E-state index is 12.4. The second-order valence-electron chi connectivity index (χ2n) is 5.41. The summed E-state index contributed by atoms with van der Waals surface area (Å²) in [6.07, 6.45) is 4.41. The van der Waals surface area contributed by atoms with Gasteiger partial charge in [0, 0.05) is 12.7 Å². The minimum atomic E-state index is -0.942. The number of nitrogens with zero attached hydrogens (tertiary/aromatic N) is 3. The van der Waals surface area contributed by atoms with Crippen LogP contribution in [0.3, 0.4) is 0 Å². The van der Waals surface area contributed by atoms with Gasteiger partial charge in [-0.1, -0.05) is 30.3 Å². The largest absolute Gasteiger partial charge is 0.480 e. The van der Waals surface area contributed by atoms with E-state index in [-0.39, 0.29) is 5.91 Å². The van der Waals surface area contributed by atoms with E-state index in [1.54, 1.807) is 10.9 Å². The van der Waals surface area contributed by atoms with Crippen LogP contribution in [0.25, 0.3) is 0 Å². The second kappa shape index (κ2) is 6.01. The molecule has 114 valence electrons. The van der Waals surface area contributed by atoms with Gasteiger partial charge in [-0.05, 0) is 18.4 Å². The van der Waals surface area contributed by atoms with Gasteiger partial charge in [0.2, 0.25) is 0 Å². The fraction of sp³-hybridized carbons (Fsp3) is 0.312. The van der Waals surface area contributed by atoms with Crippen molar-refractivity contribution in [3.63, 3.8) is 0 Å². The Kier molecular flexibility index (Phi) is 3.91. The molecule has 3 rings (SSSR count). The quantitative estimate of drug-likeness (QED) is 0.931. The van der Waals surface area contributed by atoms with Crippen molar-refractivity contribution in [1.82, 2.24) is 14.7 Å². The third-order valence-corrected chi connectivity index (χ3v) is 3.87. The Balaban J connectivity index is 1.73. The molecule has 22 heavy (non-hydrogen) atoms. The number of aromatic nitrogens is 2. The summed E-state index contributed by atoms with van der Waals surface area (Å²) in [5, 5.41) is 13.4. The first-order valence-electron chi connectivity index (χ1n) is 7.25. The summed E-state index contributed by atoms with van der Waals surface area (Å²) in [4.78, 5) is 25.0. The number of carbonyl (C=O) groups is 2. The minimum Gasteiger partial charge on any atom is -0.480 e. The molecule has 0 saturated carbocycles. The van der Waals surface area contributed by atoms with Gasteiger partial charge in [0.1, 0.15) is 6.04 Å². The molecule has 1 atom stereocenters. The van der Waals surface area contributed by atoms with Crippen LogP contribution in [0.4, 0.5) is 0 Å². The highest BCUT2D eigenvalue weighted by Gasteiger charge is 2.34. The van der Waals surface area contributed by atoms with Gasteiger partial charge in [0.15, 0.2) is 0 Å². The van der Waals surface area contributed by atoms with Crippen LogP contribution in [0.15, 0.2) is 42.7 Å². The third-order valence-electron chi connectivity index (χ3n) is 3.87. The molecular formula is C16H17N3O3. The standard InChI is InChI=1S/C16H17N3O3/c20-15(19-8-4-7-14(19)16(21)22)13-9-17-18(11-13)10-12-5-2-1-3-6-12/h1-3,5-6,9,11,14H,4,7-8,10H2,(H,21,22)/t14-/m0/s1. The number of carboxylic acid groups (broad SMARTS) is 1. The van der Waals surface area contributed by atoms with Gasteiger partial charge in [-0.3, -0.25) is 9.48 Å². The Hall–Kier alpha value is -2.63. The summed E-state index contributed by atoms with van der Waals surface area (Å²) in [7, 11) is 0. The molecule has 1 aromatic carbocycles. The number of amides is 1. The fourth-order valence-corrected chi connectivity index (χ4v) is 2.76. The highest BCUT2D eigenvalue weighted by atomic mass is 16.4. The normalized spacial score (nSPS) is 17.6.